The molecular formula is C14H16BrNO. The van der Waals surface area contributed by atoms with Crippen molar-refractivity contribution in [3.05, 3.63) is 28.2 Å². The monoisotopic (exact) mass is 293 g/mol. The number of benzene rings is 1. The standard InChI is InChI=1S/C14H16BrNO/c1-10-2-5-12(6-3-10)17-13-7-4-11(9-16)14(15)8-13/h4,7-8,10,12H,2-3,5-6H2,1H3/t10-,12-. The number of nitrogens with zero attached hydrogens (tertiary/aromatic N) is 1. The minimum atomic E-state index is 0.339. The molecule has 17 heavy (non-hydrogen) atoms. The average Bonchev–Trinajstić information content (AvgIpc) is 2.32. The van der Waals surface area contributed by atoms with Gasteiger partial charge < -0.3 is 4.74 Å². The minimum Gasteiger partial charge on any atom is -0.490 e. The van der Waals surface area contributed by atoms with Gasteiger partial charge in [-0.3, -0.25) is 0 Å². The highest BCUT2D eigenvalue weighted by Gasteiger charge is 2.19. The lowest BCUT2D eigenvalue weighted by atomic mass is 9.89. The van der Waals surface area contributed by atoms with Crippen LogP contribution in [0.25, 0.3) is 0 Å². The topological polar surface area (TPSA) is 33.0 Å². The lowest BCUT2D eigenvalue weighted by molar-refractivity contribution is 0.135. The van der Waals surface area contributed by atoms with Crippen molar-refractivity contribution in [1.82, 2.24) is 0 Å². The normalized spacial score (nSPS) is 24.1. The van der Waals surface area contributed by atoms with Crippen molar-refractivity contribution in [2.75, 3.05) is 0 Å². The van der Waals surface area contributed by atoms with Gasteiger partial charge in [0.05, 0.1) is 11.7 Å². The van der Waals surface area contributed by atoms with Crippen LogP contribution in [-0.2, 0) is 0 Å². The molecule has 0 aliphatic heterocycles. The van der Waals surface area contributed by atoms with Gasteiger partial charge in [0.2, 0.25) is 0 Å². The first-order chi connectivity index (χ1) is 8.19. The predicted molar refractivity (Wildman–Crippen MR) is 70.9 cm³/mol. The molecule has 3 heteroatoms. The van der Waals surface area contributed by atoms with Crippen LogP contribution in [0.4, 0.5) is 0 Å². The first kappa shape index (κ1) is 12.4. The maximum atomic E-state index is 8.84. The van der Waals surface area contributed by atoms with Crippen LogP contribution in [0.15, 0.2) is 22.7 Å². The summed E-state index contributed by atoms with van der Waals surface area (Å²) in [5.74, 6) is 1.69. The van der Waals surface area contributed by atoms with E-state index in [1.165, 1.54) is 12.8 Å². The summed E-state index contributed by atoms with van der Waals surface area (Å²) in [6.45, 7) is 2.30. The molecule has 0 radical (unpaired) electrons. The van der Waals surface area contributed by atoms with Gasteiger partial charge in [0.15, 0.2) is 0 Å². The van der Waals surface area contributed by atoms with Crippen molar-refractivity contribution in [3.63, 3.8) is 0 Å². The summed E-state index contributed by atoms with van der Waals surface area (Å²) in [5, 5.41) is 8.84. The van der Waals surface area contributed by atoms with Gasteiger partial charge in [-0.2, -0.15) is 5.26 Å². The molecule has 0 unspecified atom stereocenters. The molecule has 0 bridgehead atoms. The summed E-state index contributed by atoms with van der Waals surface area (Å²) in [7, 11) is 0. The number of halogens is 1. The van der Waals surface area contributed by atoms with Crippen molar-refractivity contribution in [3.8, 4) is 11.8 Å². The lowest BCUT2D eigenvalue weighted by Crippen LogP contribution is -2.23. The van der Waals surface area contributed by atoms with Crippen LogP contribution in [0.3, 0.4) is 0 Å². The number of rotatable bonds is 2. The second-order valence-electron chi connectivity index (χ2n) is 4.75. The van der Waals surface area contributed by atoms with E-state index in [2.05, 4.69) is 28.9 Å². The van der Waals surface area contributed by atoms with E-state index in [0.717, 1.165) is 29.0 Å². The number of hydrogen-bond acceptors (Lipinski definition) is 2. The molecular weight excluding hydrogens is 278 g/mol. The van der Waals surface area contributed by atoms with Crippen LogP contribution in [0, 0.1) is 17.2 Å². The molecule has 1 aliphatic rings. The van der Waals surface area contributed by atoms with Crippen molar-refractivity contribution >= 4 is 15.9 Å². The zero-order valence-corrected chi connectivity index (χ0v) is 11.5. The Morgan fingerprint density at radius 3 is 2.59 bits per heavy atom. The van der Waals surface area contributed by atoms with Gasteiger partial charge in [-0.15, -0.1) is 0 Å². The molecule has 2 rings (SSSR count). The number of hydrogen-bond donors (Lipinski definition) is 0. The quantitative estimate of drug-likeness (QED) is 0.815. The average molecular weight is 294 g/mol. The maximum Gasteiger partial charge on any atom is 0.120 e. The van der Waals surface area contributed by atoms with Crippen molar-refractivity contribution in [2.24, 2.45) is 5.92 Å². The molecule has 0 aromatic heterocycles. The first-order valence-electron chi connectivity index (χ1n) is 6.05. The minimum absolute atomic E-state index is 0.339. The Labute approximate surface area is 111 Å². The van der Waals surface area contributed by atoms with Crippen molar-refractivity contribution in [2.45, 2.75) is 38.7 Å². The van der Waals surface area contributed by atoms with Crippen LogP contribution in [-0.4, -0.2) is 6.10 Å². The van der Waals surface area contributed by atoms with Gasteiger partial charge in [0.25, 0.3) is 0 Å². The molecule has 0 N–H and O–H groups in total. The molecule has 2 nitrogen and oxygen atoms in total. The second-order valence-corrected chi connectivity index (χ2v) is 5.61. The molecule has 0 atom stereocenters. The smallest absolute Gasteiger partial charge is 0.120 e. The Morgan fingerprint density at radius 2 is 2.00 bits per heavy atom. The molecule has 0 heterocycles. The Morgan fingerprint density at radius 1 is 1.29 bits per heavy atom. The van der Waals surface area contributed by atoms with Crippen LogP contribution < -0.4 is 4.74 Å². The molecule has 0 amide bonds. The summed E-state index contributed by atoms with van der Waals surface area (Å²) in [4.78, 5) is 0. The number of ether oxygens (including phenoxy) is 1. The van der Waals surface area contributed by atoms with E-state index in [0.29, 0.717) is 11.7 Å². The largest absolute Gasteiger partial charge is 0.490 e. The third-order valence-corrected chi connectivity index (χ3v) is 3.98. The van der Waals surface area contributed by atoms with Crippen LogP contribution in [0.1, 0.15) is 38.2 Å². The summed E-state index contributed by atoms with van der Waals surface area (Å²) >= 11 is 3.38. The first-order valence-corrected chi connectivity index (χ1v) is 6.84. The Bertz CT molecular complexity index is 430. The van der Waals surface area contributed by atoms with Gasteiger partial charge in [-0.25, -0.2) is 0 Å². The SMILES string of the molecule is C[C@H]1CC[C@H](Oc2ccc(C#N)c(Br)c2)CC1. The molecule has 0 spiro atoms. The predicted octanol–water partition coefficient (Wildman–Crippen LogP) is 4.28. The molecule has 1 aliphatic carbocycles. The Balaban J connectivity index is 2.00. The molecule has 1 aromatic carbocycles. The van der Waals surface area contributed by atoms with E-state index < -0.39 is 0 Å². The number of nitriles is 1. The van der Waals surface area contributed by atoms with E-state index in [9.17, 15) is 0 Å². The molecule has 0 saturated heterocycles. The highest BCUT2D eigenvalue weighted by atomic mass is 79.9. The summed E-state index contributed by atoms with van der Waals surface area (Å²) in [6, 6.07) is 7.69. The third-order valence-electron chi connectivity index (χ3n) is 3.33. The zero-order chi connectivity index (χ0) is 12.3. The highest BCUT2D eigenvalue weighted by molar-refractivity contribution is 9.10. The zero-order valence-electron chi connectivity index (χ0n) is 9.95. The summed E-state index contributed by atoms with van der Waals surface area (Å²) in [5.41, 5.74) is 0.648. The van der Waals surface area contributed by atoms with Gasteiger partial charge >= 0.3 is 0 Å². The van der Waals surface area contributed by atoms with Gasteiger partial charge in [0, 0.05) is 4.47 Å². The maximum absolute atomic E-state index is 8.84. The molecule has 90 valence electrons. The highest BCUT2D eigenvalue weighted by Crippen LogP contribution is 2.29. The summed E-state index contributed by atoms with van der Waals surface area (Å²) < 4.78 is 6.75. The van der Waals surface area contributed by atoms with E-state index in [1.807, 2.05) is 12.1 Å². The van der Waals surface area contributed by atoms with Gasteiger partial charge in [-0.1, -0.05) is 6.92 Å². The van der Waals surface area contributed by atoms with E-state index in [1.54, 1.807) is 6.07 Å². The van der Waals surface area contributed by atoms with Crippen molar-refractivity contribution < 1.29 is 4.74 Å². The fraction of sp³-hybridized carbons (Fsp3) is 0.500. The Hall–Kier alpha value is -1.01. The van der Waals surface area contributed by atoms with E-state index >= 15 is 0 Å². The van der Waals surface area contributed by atoms with Crippen molar-refractivity contribution in [1.29, 1.82) is 5.26 Å². The van der Waals surface area contributed by atoms with Gasteiger partial charge in [-0.05, 0) is 65.7 Å². The Kier molecular flexibility index (Phi) is 4.06. The fourth-order valence-corrected chi connectivity index (χ4v) is 2.65. The molecule has 1 fully saturated rings. The van der Waals surface area contributed by atoms with Crippen LogP contribution in [0.2, 0.25) is 0 Å². The van der Waals surface area contributed by atoms with Crippen LogP contribution in [0.5, 0.6) is 5.75 Å². The molecule has 1 aromatic rings. The van der Waals surface area contributed by atoms with Gasteiger partial charge in [0.1, 0.15) is 11.8 Å². The van der Waals surface area contributed by atoms with E-state index in [4.69, 9.17) is 10.00 Å². The lowest BCUT2D eigenvalue weighted by Gasteiger charge is -2.26. The van der Waals surface area contributed by atoms with Crippen LogP contribution >= 0.6 is 15.9 Å². The summed E-state index contributed by atoms with van der Waals surface area (Å²) in [6.07, 6.45) is 5.12. The van der Waals surface area contributed by atoms with E-state index in [-0.39, 0.29) is 0 Å². The third kappa shape index (κ3) is 3.23. The molecule has 1 saturated carbocycles. The second kappa shape index (κ2) is 5.55. The fourth-order valence-electron chi connectivity index (χ4n) is 2.20.